The van der Waals surface area contributed by atoms with Gasteiger partial charge in [0, 0.05) is 6.54 Å². The molecular formula is C12H14N2O3. The minimum atomic E-state index is -0.600. The molecule has 1 atom stereocenters. The maximum absolute atomic E-state index is 10.1. The van der Waals surface area contributed by atoms with E-state index in [-0.39, 0.29) is 6.54 Å². The Hall–Kier alpha value is -1.43. The zero-order chi connectivity index (χ0) is 11.9. The quantitative estimate of drug-likeness (QED) is 0.804. The first-order chi connectivity index (χ1) is 8.26. The summed E-state index contributed by atoms with van der Waals surface area (Å²) in [6.45, 7) is 1.20. The van der Waals surface area contributed by atoms with Crippen LogP contribution in [0.15, 0.2) is 29.0 Å². The normalized spacial score (nSPS) is 20.1. The molecular weight excluding hydrogens is 220 g/mol. The summed E-state index contributed by atoms with van der Waals surface area (Å²) in [5, 5.41) is 10.1. The average molecular weight is 234 g/mol. The Kier molecular flexibility index (Phi) is 2.39. The van der Waals surface area contributed by atoms with Crippen LogP contribution in [0.5, 0.6) is 0 Å². The first kappa shape index (κ1) is 10.7. The second kappa shape index (κ2) is 3.80. The van der Waals surface area contributed by atoms with Gasteiger partial charge in [-0.25, -0.2) is 4.98 Å². The van der Waals surface area contributed by atoms with Crippen molar-refractivity contribution >= 4 is 11.1 Å². The van der Waals surface area contributed by atoms with Gasteiger partial charge >= 0.3 is 0 Å². The van der Waals surface area contributed by atoms with Gasteiger partial charge in [-0.05, 0) is 17.7 Å². The molecule has 17 heavy (non-hydrogen) atoms. The van der Waals surface area contributed by atoms with Crippen molar-refractivity contribution in [3.8, 4) is 0 Å². The van der Waals surface area contributed by atoms with Gasteiger partial charge in [0.05, 0.1) is 24.7 Å². The lowest BCUT2D eigenvalue weighted by Gasteiger charge is -2.45. The van der Waals surface area contributed by atoms with E-state index in [1.165, 1.54) is 6.39 Å². The van der Waals surface area contributed by atoms with Crippen molar-refractivity contribution in [2.45, 2.75) is 11.5 Å². The molecule has 2 aromatic rings. The number of nitrogens with two attached hydrogens (primary N) is 1. The van der Waals surface area contributed by atoms with E-state index in [1.54, 1.807) is 0 Å². The van der Waals surface area contributed by atoms with E-state index in [1.807, 2.05) is 18.2 Å². The highest BCUT2D eigenvalue weighted by atomic mass is 16.5. The number of benzene rings is 1. The first-order valence-corrected chi connectivity index (χ1v) is 5.56. The maximum Gasteiger partial charge on any atom is 0.181 e. The summed E-state index contributed by atoms with van der Waals surface area (Å²) in [6.07, 6.45) is 0.814. The zero-order valence-electron chi connectivity index (χ0n) is 9.30. The van der Waals surface area contributed by atoms with Crippen molar-refractivity contribution in [2.24, 2.45) is 5.73 Å². The standard InChI is InChI=1S/C12H14N2O3/c13-4-11(15)12(5-16-6-12)8-1-2-9-10(3-8)17-7-14-9/h1-3,7,11,15H,4-6,13H2. The number of fused-ring (bicyclic) bond motifs is 1. The molecule has 0 saturated carbocycles. The van der Waals surface area contributed by atoms with Gasteiger partial charge in [0.2, 0.25) is 0 Å². The van der Waals surface area contributed by atoms with E-state index in [9.17, 15) is 5.11 Å². The Morgan fingerprint density at radius 1 is 1.47 bits per heavy atom. The third kappa shape index (κ3) is 1.47. The van der Waals surface area contributed by atoms with Crippen molar-refractivity contribution in [3.63, 3.8) is 0 Å². The fourth-order valence-corrected chi connectivity index (χ4v) is 2.26. The number of hydrogen-bond donors (Lipinski definition) is 2. The lowest BCUT2D eigenvalue weighted by molar-refractivity contribution is -0.116. The molecule has 2 heterocycles. The van der Waals surface area contributed by atoms with E-state index in [2.05, 4.69) is 4.98 Å². The Bertz CT molecular complexity index is 533. The minimum Gasteiger partial charge on any atom is -0.443 e. The maximum atomic E-state index is 10.1. The number of oxazole rings is 1. The van der Waals surface area contributed by atoms with Gasteiger partial charge in [0.15, 0.2) is 12.0 Å². The molecule has 1 fully saturated rings. The van der Waals surface area contributed by atoms with E-state index in [0.717, 1.165) is 16.7 Å². The molecule has 0 bridgehead atoms. The minimum absolute atomic E-state index is 0.220. The molecule has 0 spiro atoms. The summed E-state index contributed by atoms with van der Waals surface area (Å²) in [5.74, 6) is 0. The van der Waals surface area contributed by atoms with Crippen molar-refractivity contribution < 1.29 is 14.3 Å². The van der Waals surface area contributed by atoms with Crippen LogP contribution in [0.3, 0.4) is 0 Å². The van der Waals surface area contributed by atoms with Crippen LogP contribution < -0.4 is 5.73 Å². The van der Waals surface area contributed by atoms with Gasteiger partial charge in [-0.2, -0.15) is 0 Å². The fourth-order valence-electron chi connectivity index (χ4n) is 2.26. The number of hydrogen-bond acceptors (Lipinski definition) is 5. The Morgan fingerprint density at radius 2 is 2.29 bits per heavy atom. The molecule has 5 heteroatoms. The van der Waals surface area contributed by atoms with Crippen LogP contribution in [0.1, 0.15) is 5.56 Å². The third-order valence-corrected chi connectivity index (χ3v) is 3.49. The highest BCUT2D eigenvalue weighted by Gasteiger charge is 2.46. The molecule has 1 aliphatic heterocycles. The lowest BCUT2D eigenvalue weighted by Crippen LogP contribution is -2.57. The van der Waals surface area contributed by atoms with E-state index >= 15 is 0 Å². The van der Waals surface area contributed by atoms with Crippen LogP contribution in [0.25, 0.3) is 11.1 Å². The van der Waals surface area contributed by atoms with Crippen LogP contribution in [0, 0.1) is 0 Å². The van der Waals surface area contributed by atoms with Crippen LogP contribution in [0.4, 0.5) is 0 Å². The zero-order valence-corrected chi connectivity index (χ0v) is 9.30. The van der Waals surface area contributed by atoms with Gasteiger partial charge in [0.1, 0.15) is 5.52 Å². The Morgan fingerprint density at radius 3 is 2.94 bits per heavy atom. The van der Waals surface area contributed by atoms with Crippen LogP contribution >= 0.6 is 0 Å². The monoisotopic (exact) mass is 234 g/mol. The van der Waals surface area contributed by atoms with Crippen molar-refractivity contribution in [2.75, 3.05) is 19.8 Å². The highest BCUT2D eigenvalue weighted by Crippen LogP contribution is 2.36. The molecule has 0 amide bonds. The molecule has 3 N–H and O–H groups in total. The summed E-state index contributed by atoms with van der Waals surface area (Å²) in [6, 6.07) is 5.74. The van der Waals surface area contributed by atoms with Crippen molar-refractivity contribution in [1.29, 1.82) is 0 Å². The number of aliphatic hydroxyl groups is 1. The molecule has 1 aromatic carbocycles. The summed E-state index contributed by atoms with van der Waals surface area (Å²) in [4.78, 5) is 4.07. The molecule has 1 unspecified atom stereocenters. The average Bonchev–Trinajstić information content (AvgIpc) is 2.74. The molecule has 1 saturated heterocycles. The van der Waals surface area contributed by atoms with Crippen LogP contribution in [0.2, 0.25) is 0 Å². The smallest absolute Gasteiger partial charge is 0.181 e. The molecule has 90 valence electrons. The number of aromatic nitrogens is 1. The second-order valence-corrected chi connectivity index (χ2v) is 4.44. The Labute approximate surface area is 98.2 Å². The van der Waals surface area contributed by atoms with E-state index < -0.39 is 11.5 Å². The SMILES string of the molecule is NCC(O)C1(c2ccc3ncoc3c2)COC1. The summed E-state index contributed by atoms with van der Waals surface area (Å²) in [7, 11) is 0. The molecule has 1 aliphatic rings. The predicted octanol–water partition coefficient (Wildman–Crippen LogP) is 0.415. The summed E-state index contributed by atoms with van der Waals surface area (Å²) < 4.78 is 10.5. The van der Waals surface area contributed by atoms with Crippen molar-refractivity contribution in [3.05, 3.63) is 30.2 Å². The molecule has 5 nitrogen and oxygen atoms in total. The van der Waals surface area contributed by atoms with E-state index in [4.69, 9.17) is 14.9 Å². The van der Waals surface area contributed by atoms with Crippen LogP contribution in [-0.4, -0.2) is 36.0 Å². The number of ether oxygens (including phenoxy) is 1. The molecule has 0 aliphatic carbocycles. The summed E-state index contributed by atoms with van der Waals surface area (Å²) in [5.41, 5.74) is 7.69. The number of rotatable bonds is 3. The first-order valence-electron chi connectivity index (χ1n) is 5.56. The largest absolute Gasteiger partial charge is 0.443 e. The van der Waals surface area contributed by atoms with E-state index in [0.29, 0.717) is 13.2 Å². The predicted molar refractivity (Wildman–Crippen MR) is 61.6 cm³/mol. The molecule has 1 aromatic heterocycles. The van der Waals surface area contributed by atoms with Gasteiger partial charge < -0.3 is 20.0 Å². The molecule has 3 rings (SSSR count). The van der Waals surface area contributed by atoms with Crippen LogP contribution in [-0.2, 0) is 10.2 Å². The third-order valence-electron chi connectivity index (χ3n) is 3.49. The molecule has 0 radical (unpaired) electrons. The lowest BCUT2D eigenvalue weighted by atomic mass is 9.74. The van der Waals surface area contributed by atoms with Gasteiger partial charge in [0.25, 0.3) is 0 Å². The summed E-state index contributed by atoms with van der Waals surface area (Å²) >= 11 is 0. The highest BCUT2D eigenvalue weighted by molar-refractivity contribution is 5.73. The van der Waals surface area contributed by atoms with Gasteiger partial charge in [-0.15, -0.1) is 0 Å². The van der Waals surface area contributed by atoms with Gasteiger partial charge in [-0.1, -0.05) is 6.07 Å². The number of nitrogens with zero attached hydrogens (tertiary/aromatic N) is 1. The van der Waals surface area contributed by atoms with Gasteiger partial charge in [-0.3, -0.25) is 0 Å². The topological polar surface area (TPSA) is 81.5 Å². The fraction of sp³-hybridized carbons (Fsp3) is 0.417. The van der Waals surface area contributed by atoms with Crippen molar-refractivity contribution in [1.82, 2.24) is 4.98 Å². The number of aliphatic hydroxyl groups excluding tert-OH is 1. The Balaban J connectivity index is 2.06. The second-order valence-electron chi connectivity index (χ2n) is 4.44.